The predicted octanol–water partition coefficient (Wildman–Crippen LogP) is 0.253. The Balaban J connectivity index is 2.73. The van der Waals surface area contributed by atoms with Gasteiger partial charge in [0.05, 0.1) is 0 Å². The molecule has 5 nitrogen and oxygen atoms in total. The molecule has 0 aromatic heterocycles. The lowest BCUT2D eigenvalue weighted by atomic mass is 10.2. The van der Waals surface area contributed by atoms with Gasteiger partial charge in [0.25, 0.3) is 0 Å². The highest BCUT2D eigenvalue weighted by Crippen LogP contribution is 2.10. The molecule has 4 amide bonds. The second kappa shape index (κ2) is 3.55. The molecule has 0 aromatic carbocycles. The molecule has 1 aliphatic heterocycles. The molecule has 0 bridgehead atoms. The van der Waals surface area contributed by atoms with Gasteiger partial charge in [-0.25, -0.2) is 4.79 Å². The molecule has 1 N–H and O–H groups in total. The zero-order chi connectivity index (χ0) is 10.0. The highest BCUT2D eigenvalue weighted by Gasteiger charge is 2.39. The van der Waals surface area contributed by atoms with Gasteiger partial charge in [-0.1, -0.05) is 13.3 Å². The van der Waals surface area contributed by atoms with Crippen LogP contribution in [0, 0.1) is 0 Å². The van der Waals surface area contributed by atoms with Gasteiger partial charge in [0, 0.05) is 6.04 Å². The van der Waals surface area contributed by atoms with Gasteiger partial charge in [0.1, 0.15) is 0 Å². The number of carbonyl (C=O) groups excluding carboxylic acids is 3. The summed E-state index contributed by atoms with van der Waals surface area (Å²) in [5.74, 6) is -1.57. The van der Waals surface area contributed by atoms with Crippen LogP contribution in [-0.4, -0.2) is 28.8 Å². The maximum Gasteiger partial charge on any atom is 0.331 e. The number of amides is 4. The molecule has 1 atom stereocenters. The van der Waals surface area contributed by atoms with Crippen molar-refractivity contribution >= 4 is 17.8 Å². The van der Waals surface area contributed by atoms with Gasteiger partial charge in [-0.15, -0.1) is 0 Å². The van der Waals surface area contributed by atoms with Crippen molar-refractivity contribution in [2.45, 2.75) is 32.7 Å². The lowest BCUT2D eigenvalue weighted by Crippen LogP contribution is -2.38. The van der Waals surface area contributed by atoms with E-state index in [1.165, 1.54) is 0 Å². The minimum Gasteiger partial charge on any atom is -0.269 e. The Morgan fingerprint density at radius 1 is 1.38 bits per heavy atom. The van der Waals surface area contributed by atoms with E-state index in [0.717, 1.165) is 11.3 Å². The predicted molar refractivity (Wildman–Crippen MR) is 44.8 cm³/mol. The molecule has 1 rings (SSSR count). The van der Waals surface area contributed by atoms with Crippen molar-refractivity contribution in [2.75, 3.05) is 0 Å². The van der Waals surface area contributed by atoms with Crippen LogP contribution in [0.15, 0.2) is 0 Å². The number of hydrogen-bond donors (Lipinski definition) is 1. The summed E-state index contributed by atoms with van der Waals surface area (Å²) in [6, 6.07) is -0.806. The second-order valence-electron chi connectivity index (χ2n) is 3.07. The number of nitrogens with one attached hydrogen (secondary N) is 1. The highest BCUT2D eigenvalue weighted by atomic mass is 16.2. The number of urea groups is 1. The fraction of sp³-hybridized carbons (Fsp3) is 0.625. The topological polar surface area (TPSA) is 66.5 Å². The molecule has 1 fully saturated rings. The Morgan fingerprint density at radius 2 is 2.00 bits per heavy atom. The molecule has 72 valence electrons. The SMILES string of the molecule is CCCC(C)N1C(=O)NC(=O)C1=O. The number of imide groups is 2. The first-order valence-electron chi connectivity index (χ1n) is 4.26. The van der Waals surface area contributed by atoms with Gasteiger partial charge in [-0.05, 0) is 13.3 Å². The van der Waals surface area contributed by atoms with E-state index < -0.39 is 17.8 Å². The van der Waals surface area contributed by atoms with Crippen LogP contribution in [-0.2, 0) is 9.59 Å². The van der Waals surface area contributed by atoms with Crippen LogP contribution in [0.1, 0.15) is 26.7 Å². The zero-order valence-corrected chi connectivity index (χ0v) is 7.66. The normalized spacial score (nSPS) is 19.2. The first kappa shape index (κ1) is 9.70. The first-order valence-corrected chi connectivity index (χ1v) is 4.26. The number of nitrogens with zero attached hydrogens (tertiary/aromatic N) is 1. The van der Waals surface area contributed by atoms with Crippen molar-refractivity contribution in [1.82, 2.24) is 10.2 Å². The highest BCUT2D eigenvalue weighted by molar-refractivity contribution is 6.44. The summed E-state index contributed by atoms with van der Waals surface area (Å²) >= 11 is 0. The second-order valence-corrected chi connectivity index (χ2v) is 3.07. The van der Waals surface area contributed by atoms with Crippen molar-refractivity contribution in [1.29, 1.82) is 0 Å². The molecule has 1 aliphatic rings. The van der Waals surface area contributed by atoms with Gasteiger partial charge in [-0.2, -0.15) is 0 Å². The lowest BCUT2D eigenvalue weighted by molar-refractivity contribution is -0.141. The van der Waals surface area contributed by atoms with E-state index in [-0.39, 0.29) is 6.04 Å². The van der Waals surface area contributed by atoms with Crippen LogP contribution in [0.25, 0.3) is 0 Å². The molecule has 1 saturated heterocycles. The molecule has 0 radical (unpaired) electrons. The Labute approximate surface area is 76.1 Å². The average Bonchev–Trinajstić information content (AvgIpc) is 2.27. The number of carbonyl (C=O) groups is 3. The first-order chi connectivity index (χ1) is 6.07. The smallest absolute Gasteiger partial charge is 0.269 e. The molecule has 1 heterocycles. The van der Waals surface area contributed by atoms with Crippen LogP contribution in [0.2, 0.25) is 0 Å². The van der Waals surface area contributed by atoms with E-state index >= 15 is 0 Å². The maximum atomic E-state index is 11.1. The van der Waals surface area contributed by atoms with Crippen molar-refractivity contribution in [2.24, 2.45) is 0 Å². The Morgan fingerprint density at radius 3 is 2.38 bits per heavy atom. The fourth-order valence-electron chi connectivity index (χ4n) is 1.36. The molecule has 0 aliphatic carbocycles. The quantitative estimate of drug-likeness (QED) is 0.505. The van der Waals surface area contributed by atoms with Crippen LogP contribution in [0.4, 0.5) is 4.79 Å². The van der Waals surface area contributed by atoms with Gasteiger partial charge < -0.3 is 0 Å². The Bertz CT molecular complexity index is 262. The summed E-state index contributed by atoms with van der Waals surface area (Å²) in [7, 11) is 0. The molecule has 5 heteroatoms. The largest absolute Gasteiger partial charge is 0.331 e. The van der Waals surface area contributed by atoms with Crippen LogP contribution < -0.4 is 5.32 Å². The minimum absolute atomic E-state index is 0.205. The monoisotopic (exact) mass is 184 g/mol. The Kier molecular flexibility index (Phi) is 2.65. The molecule has 0 spiro atoms. The van der Waals surface area contributed by atoms with Crippen molar-refractivity contribution < 1.29 is 14.4 Å². The Hall–Kier alpha value is -1.39. The summed E-state index contributed by atoms with van der Waals surface area (Å²) < 4.78 is 0. The van der Waals surface area contributed by atoms with Crippen LogP contribution in [0.5, 0.6) is 0 Å². The van der Waals surface area contributed by atoms with E-state index in [4.69, 9.17) is 0 Å². The molecule has 0 aromatic rings. The van der Waals surface area contributed by atoms with Gasteiger partial charge >= 0.3 is 17.8 Å². The zero-order valence-electron chi connectivity index (χ0n) is 7.66. The summed E-state index contributed by atoms with van der Waals surface area (Å²) in [6.07, 6.45) is 1.58. The van der Waals surface area contributed by atoms with E-state index in [2.05, 4.69) is 0 Å². The summed E-state index contributed by atoms with van der Waals surface area (Å²) in [6.45, 7) is 3.70. The van der Waals surface area contributed by atoms with Gasteiger partial charge in [-0.3, -0.25) is 19.8 Å². The van der Waals surface area contributed by atoms with Crippen LogP contribution >= 0.6 is 0 Å². The minimum atomic E-state index is -0.826. The van der Waals surface area contributed by atoms with Crippen molar-refractivity contribution in [3.63, 3.8) is 0 Å². The average molecular weight is 184 g/mol. The standard InChI is InChI=1S/C8H12N2O3/c1-3-4-5(2)10-7(12)6(11)9-8(10)13/h5H,3-4H2,1-2H3,(H,9,11,13). The lowest BCUT2D eigenvalue weighted by Gasteiger charge is -2.19. The van der Waals surface area contributed by atoms with E-state index in [1.807, 2.05) is 12.2 Å². The molecule has 13 heavy (non-hydrogen) atoms. The van der Waals surface area contributed by atoms with Crippen molar-refractivity contribution in [3.8, 4) is 0 Å². The van der Waals surface area contributed by atoms with Crippen molar-refractivity contribution in [3.05, 3.63) is 0 Å². The third kappa shape index (κ3) is 1.68. The summed E-state index contributed by atoms with van der Waals surface area (Å²) in [4.78, 5) is 34.0. The van der Waals surface area contributed by atoms with Gasteiger partial charge in [0.15, 0.2) is 0 Å². The summed E-state index contributed by atoms with van der Waals surface area (Å²) in [5.41, 5.74) is 0. The third-order valence-electron chi connectivity index (χ3n) is 2.00. The molecular formula is C8H12N2O3. The molecule has 0 saturated carbocycles. The van der Waals surface area contributed by atoms with E-state index in [9.17, 15) is 14.4 Å². The summed E-state index contributed by atoms with van der Waals surface area (Å²) in [5, 5.41) is 1.95. The maximum absolute atomic E-state index is 11.1. The molecular weight excluding hydrogens is 172 g/mol. The van der Waals surface area contributed by atoms with E-state index in [0.29, 0.717) is 6.42 Å². The van der Waals surface area contributed by atoms with Gasteiger partial charge in [0.2, 0.25) is 0 Å². The molecule has 1 unspecified atom stereocenters. The third-order valence-corrected chi connectivity index (χ3v) is 2.00. The number of hydrogen-bond acceptors (Lipinski definition) is 3. The van der Waals surface area contributed by atoms with E-state index in [1.54, 1.807) is 6.92 Å². The number of rotatable bonds is 3. The van der Waals surface area contributed by atoms with Crippen LogP contribution in [0.3, 0.4) is 0 Å². The fourth-order valence-corrected chi connectivity index (χ4v) is 1.36.